The number of aliphatic hydroxyl groups excluding tert-OH is 1. The first kappa shape index (κ1) is 13.0. The predicted molar refractivity (Wildman–Crippen MR) is 84.6 cm³/mol. The second-order valence-electron chi connectivity index (χ2n) is 6.29. The van der Waals surface area contributed by atoms with Crippen molar-refractivity contribution in [1.29, 1.82) is 0 Å². The number of aliphatic hydroxyl groups is 1. The topological polar surface area (TPSA) is 63.8 Å². The number of hydrogen-bond donors (Lipinski definition) is 1. The Labute approximate surface area is 133 Å². The van der Waals surface area contributed by atoms with Gasteiger partial charge in [0.25, 0.3) is 0 Å². The smallest absolute Gasteiger partial charge is 0.115 e. The standard InChI is InChI=1S/C18H16N4O/c23-18-13(5-6-15-14(18)7-19-9-21-15)17-12-4-2-1-3-11(12)16-8-20-10-22(16)17/h1-4,7-10,13,17-18,23H,5-6H2/t13-,17?,18+/m0/s1. The van der Waals surface area contributed by atoms with Crippen molar-refractivity contribution < 1.29 is 5.11 Å². The van der Waals surface area contributed by atoms with Gasteiger partial charge in [-0.15, -0.1) is 0 Å². The van der Waals surface area contributed by atoms with Gasteiger partial charge in [-0.05, 0) is 18.4 Å². The molecule has 0 bridgehead atoms. The van der Waals surface area contributed by atoms with Crippen molar-refractivity contribution in [2.75, 3.05) is 0 Å². The molecule has 1 aliphatic carbocycles. The highest BCUT2D eigenvalue weighted by molar-refractivity contribution is 5.69. The van der Waals surface area contributed by atoms with Crippen LogP contribution in [-0.4, -0.2) is 24.6 Å². The van der Waals surface area contributed by atoms with Crippen LogP contribution >= 0.6 is 0 Å². The summed E-state index contributed by atoms with van der Waals surface area (Å²) in [5.41, 5.74) is 5.47. The van der Waals surface area contributed by atoms with Crippen LogP contribution in [0.2, 0.25) is 0 Å². The zero-order valence-electron chi connectivity index (χ0n) is 12.5. The van der Waals surface area contributed by atoms with Gasteiger partial charge < -0.3 is 9.67 Å². The Balaban J connectivity index is 1.64. The molecule has 3 atom stereocenters. The van der Waals surface area contributed by atoms with Crippen LogP contribution in [0, 0.1) is 5.92 Å². The van der Waals surface area contributed by atoms with E-state index in [4.69, 9.17) is 0 Å². The Hall–Kier alpha value is -2.53. The molecule has 23 heavy (non-hydrogen) atoms. The maximum absolute atomic E-state index is 11.0. The molecule has 5 rings (SSSR count). The van der Waals surface area contributed by atoms with Crippen molar-refractivity contribution in [2.24, 2.45) is 5.92 Å². The summed E-state index contributed by atoms with van der Waals surface area (Å²) in [4.78, 5) is 12.7. The van der Waals surface area contributed by atoms with Gasteiger partial charge in [0.2, 0.25) is 0 Å². The number of fused-ring (bicyclic) bond motifs is 4. The summed E-state index contributed by atoms with van der Waals surface area (Å²) in [5, 5.41) is 11.0. The lowest BCUT2D eigenvalue weighted by atomic mass is 9.78. The maximum atomic E-state index is 11.0. The van der Waals surface area contributed by atoms with Gasteiger partial charge in [0.15, 0.2) is 0 Å². The first-order valence-corrected chi connectivity index (χ1v) is 7.92. The molecule has 1 aliphatic heterocycles. The summed E-state index contributed by atoms with van der Waals surface area (Å²) in [5.74, 6) is 0.102. The predicted octanol–water partition coefficient (Wildman–Crippen LogP) is 2.54. The monoisotopic (exact) mass is 304 g/mol. The number of nitrogens with zero attached hydrogens (tertiary/aromatic N) is 4. The molecule has 0 spiro atoms. The summed E-state index contributed by atoms with van der Waals surface area (Å²) in [6.07, 6.45) is 8.34. The maximum Gasteiger partial charge on any atom is 0.115 e. The molecule has 5 heteroatoms. The van der Waals surface area contributed by atoms with Gasteiger partial charge in [0.05, 0.1) is 30.4 Å². The SMILES string of the molecule is O[C@H]1c2cncnc2CC[C@H]1C1c2ccccc2-c2cncn21. The van der Waals surface area contributed by atoms with Crippen molar-refractivity contribution in [3.63, 3.8) is 0 Å². The summed E-state index contributed by atoms with van der Waals surface area (Å²) >= 11 is 0. The lowest BCUT2D eigenvalue weighted by Crippen LogP contribution is -2.29. The molecule has 0 fully saturated rings. The van der Waals surface area contributed by atoms with Crippen molar-refractivity contribution in [2.45, 2.75) is 25.0 Å². The van der Waals surface area contributed by atoms with E-state index in [9.17, 15) is 5.11 Å². The van der Waals surface area contributed by atoms with Crippen molar-refractivity contribution in [3.05, 3.63) is 66.1 Å². The molecule has 0 amide bonds. The highest BCUT2D eigenvalue weighted by Crippen LogP contribution is 2.49. The highest BCUT2D eigenvalue weighted by atomic mass is 16.3. The summed E-state index contributed by atoms with van der Waals surface area (Å²) in [6.45, 7) is 0. The van der Waals surface area contributed by atoms with Crippen molar-refractivity contribution in [3.8, 4) is 11.3 Å². The molecule has 3 heterocycles. The normalized spacial score (nSPS) is 24.8. The average Bonchev–Trinajstić information content (AvgIpc) is 3.17. The van der Waals surface area contributed by atoms with Gasteiger partial charge in [-0.3, -0.25) is 0 Å². The fourth-order valence-electron chi connectivity index (χ4n) is 4.15. The van der Waals surface area contributed by atoms with E-state index in [0.717, 1.165) is 29.8 Å². The Kier molecular flexibility index (Phi) is 2.67. The molecule has 0 saturated carbocycles. The van der Waals surface area contributed by atoms with Crippen LogP contribution in [-0.2, 0) is 6.42 Å². The molecule has 0 radical (unpaired) electrons. The number of aryl methyl sites for hydroxylation is 1. The van der Waals surface area contributed by atoms with E-state index in [-0.39, 0.29) is 12.0 Å². The minimum Gasteiger partial charge on any atom is -0.388 e. The van der Waals surface area contributed by atoms with Crippen LogP contribution in [0.25, 0.3) is 11.3 Å². The van der Waals surface area contributed by atoms with Crippen LogP contribution in [0.3, 0.4) is 0 Å². The summed E-state index contributed by atoms with van der Waals surface area (Å²) < 4.78 is 2.20. The second kappa shape index (κ2) is 4.73. The van der Waals surface area contributed by atoms with Crippen LogP contribution in [0.5, 0.6) is 0 Å². The molecular formula is C18H16N4O. The highest BCUT2D eigenvalue weighted by Gasteiger charge is 2.40. The molecule has 1 aromatic carbocycles. The van der Waals surface area contributed by atoms with E-state index in [1.54, 1.807) is 12.5 Å². The van der Waals surface area contributed by atoms with Crippen molar-refractivity contribution >= 4 is 0 Å². The Bertz CT molecular complexity index is 888. The van der Waals surface area contributed by atoms with E-state index < -0.39 is 6.10 Å². The fraction of sp³-hybridized carbons (Fsp3) is 0.278. The second-order valence-corrected chi connectivity index (χ2v) is 6.29. The molecular weight excluding hydrogens is 288 g/mol. The number of rotatable bonds is 1. The summed E-state index contributed by atoms with van der Waals surface area (Å²) in [7, 11) is 0. The van der Waals surface area contributed by atoms with Gasteiger partial charge in [0.1, 0.15) is 6.33 Å². The van der Waals surface area contributed by atoms with E-state index in [1.165, 1.54) is 11.1 Å². The minimum absolute atomic E-state index is 0.102. The van der Waals surface area contributed by atoms with Gasteiger partial charge >= 0.3 is 0 Å². The number of benzene rings is 1. The number of hydrogen-bond acceptors (Lipinski definition) is 4. The molecule has 114 valence electrons. The van der Waals surface area contributed by atoms with Crippen LogP contribution in [0.1, 0.15) is 35.4 Å². The first-order chi connectivity index (χ1) is 11.3. The fourth-order valence-corrected chi connectivity index (χ4v) is 4.15. The van der Waals surface area contributed by atoms with E-state index in [1.807, 2.05) is 12.5 Å². The van der Waals surface area contributed by atoms with Gasteiger partial charge in [-0.25, -0.2) is 15.0 Å². The lowest BCUT2D eigenvalue weighted by molar-refractivity contribution is 0.0706. The average molecular weight is 304 g/mol. The quantitative estimate of drug-likeness (QED) is 0.750. The number of imidazole rings is 1. The molecule has 1 N–H and O–H groups in total. The van der Waals surface area contributed by atoms with E-state index >= 15 is 0 Å². The van der Waals surface area contributed by atoms with Gasteiger partial charge in [0, 0.05) is 28.9 Å². The molecule has 5 nitrogen and oxygen atoms in total. The zero-order chi connectivity index (χ0) is 15.4. The van der Waals surface area contributed by atoms with Gasteiger partial charge in [-0.2, -0.15) is 0 Å². The summed E-state index contributed by atoms with van der Waals surface area (Å²) in [6, 6.07) is 8.54. The number of aromatic nitrogens is 4. The molecule has 1 unspecified atom stereocenters. The molecule has 2 aromatic heterocycles. The largest absolute Gasteiger partial charge is 0.388 e. The van der Waals surface area contributed by atoms with E-state index in [2.05, 4.69) is 43.8 Å². The minimum atomic E-state index is -0.550. The third kappa shape index (κ3) is 1.74. The zero-order valence-corrected chi connectivity index (χ0v) is 12.5. The van der Waals surface area contributed by atoms with Crippen molar-refractivity contribution in [1.82, 2.24) is 19.5 Å². The van der Waals surface area contributed by atoms with Gasteiger partial charge in [-0.1, -0.05) is 24.3 Å². The van der Waals surface area contributed by atoms with Crippen LogP contribution < -0.4 is 0 Å². The molecule has 0 saturated heterocycles. The Morgan fingerprint density at radius 1 is 1.09 bits per heavy atom. The van der Waals surface area contributed by atoms with Crippen LogP contribution in [0.15, 0.2) is 49.3 Å². The Morgan fingerprint density at radius 2 is 2.00 bits per heavy atom. The van der Waals surface area contributed by atoms with E-state index in [0.29, 0.717) is 0 Å². The first-order valence-electron chi connectivity index (χ1n) is 7.92. The lowest BCUT2D eigenvalue weighted by Gasteiger charge is -2.34. The van der Waals surface area contributed by atoms with Crippen LogP contribution in [0.4, 0.5) is 0 Å². The third-order valence-electron chi connectivity index (χ3n) is 5.19. The molecule has 2 aliphatic rings. The Morgan fingerprint density at radius 3 is 2.96 bits per heavy atom. The molecule has 3 aromatic rings. The third-order valence-corrected chi connectivity index (χ3v) is 5.19.